The minimum absolute atomic E-state index is 0.126. The van der Waals surface area contributed by atoms with Gasteiger partial charge in [-0.2, -0.15) is 0 Å². The van der Waals surface area contributed by atoms with Gasteiger partial charge in [-0.05, 0) is 73.3 Å². The Kier molecular flexibility index (Phi) is 4.96. The first-order valence-electron chi connectivity index (χ1n) is 9.64. The van der Waals surface area contributed by atoms with Crippen LogP contribution in [0.4, 0.5) is 0 Å². The molecule has 3 heteroatoms. The second kappa shape index (κ2) is 6.77. The van der Waals surface area contributed by atoms with E-state index in [2.05, 4.69) is 20.4 Å². The lowest BCUT2D eigenvalue weighted by molar-refractivity contribution is -0.0336. The molecule has 2 aliphatic rings. The number of methoxy groups -OCH3 is 1. The van der Waals surface area contributed by atoms with Crippen molar-refractivity contribution in [2.75, 3.05) is 13.7 Å². The molecule has 2 atom stereocenters. The van der Waals surface area contributed by atoms with Crippen molar-refractivity contribution < 1.29 is 14.9 Å². The molecule has 0 aromatic heterocycles. The number of aliphatic hydroxyl groups excluding tert-OH is 1. The van der Waals surface area contributed by atoms with Crippen LogP contribution in [0.1, 0.15) is 57.1 Å². The fourth-order valence-electron chi connectivity index (χ4n) is 5.47. The standard InChI is InChI=1S/C23H32O3/c1-15-11-19(25)17(20(12-15)26-5)13-18-16(2)7-8-21-22(3,4)9-6-10-23(18,21)14-24/h11-13,21,24-25H,2,6-10,14H2,1,3-5H3/b18-13+/t21-,23+/m0/s1. The van der Waals surface area contributed by atoms with Crippen molar-refractivity contribution in [2.45, 2.75) is 52.9 Å². The van der Waals surface area contributed by atoms with E-state index >= 15 is 0 Å². The number of rotatable bonds is 3. The van der Waals surface area contributed by atoms with E-state index in [9.17, 15) is 10.2 Å². The average Bonchev–Trinajstić information content (AvgIpc) is 2.58. The van der Waals surface area contributed by atoms with E-state index in [0.29, 0.717) is 17.2 Å². The van der Waals surface area contributed by atoms with Crippen molar-refractivity contribution in [3.05, 3.63) is 41.0 Å². The van der Waals surface area contributed by atoms with Gasteiger partial charge in [-0.15, -0.1) is 0 Å². The molecule has 3 nitrogen and oxygen atoms in total. The van der Waals surface area contributed by atoms with Gasteiger partial charge in [-0.25, -0.2) is 0 Å². The highest BCUT2D eigenvalue weighted by atomic mass is 16.5. The summed E-state index contributed by atoms with van der Waals surface area (Å²) in [5.74, 6) is 1.30. The fraction of sp³-hybridized carbons (Fsp3) is 0.565. The van der Waals surface area contributed by atoms with Crippen LogP contribution < -0.4 is 4.74 Å². The second-order valence-electron chi connectivity index (χ2n) is 8.81. The Hall–Kier alpha value is -1.74. The largest absolute Gasteiger partial charge is 0.507 e. The normalized spacial score (nSPS) is 29.5. The molecule has 0 unspecified atom stereocenters. The Morgan fingerprint density at radius 1 is 1.31 bits per heavy atom. The molecule has 0 aliphatic heterocycles. The van der Waals surface area contributed by atoms with E-state index in [-0.39, 0.29) is 23.2 Å². The van der Waals surface area contributed by atoms with E-state index in [0.717, 1.165) is 42.4 Å². The number of hydrogen-bond acceptors (Lipinski definition) is 3. The van der Waals surface area contributed by atoms with E-state index in [1.165, 1.54) is 6.42 Å². The minimum Gasteiger partial charge on any atom is -0.507 e. The number of benzene rings is 1. The third kappa shape index (κ3) is 2.96. The van der Waals surface area contributed by atoms with Gasteiger partial charge in [-0.3, -0.25) is 0 Å². The Balaban J connectivity index is 2.19. The zero-order valence-electron chi connectivity index (χ0n) is 16.6. The number of phenols is 1. The summed E-state index contributed by atoms with van der Waals surface area (Å²) in [5, 5.41) is 21.1. The van der Waals surface area contributed by atoms with Crippen LogP contribution >= 0.6 is 0 Å². The molecule has 0 amide bonds. The second-order valence-corrected chi connectivity index (χ2v) is 8.81. The van der Waals surface area contributed by atoms with Crippen molar-refractivity contribution in [3.63, 3.8) is 0 Å². The number of allylic oxidation sites excluding steroid dienone is 1. The van der Waals surface area contributed by atoms with E-state index in [1.54, 1.807) is 13.2 Å². The van der Waals surface area contributed by atoms with Crippen molar-refractivity contribution in [1.82, 2.24) is 0 Å². The highest BCUT2D eigenvalue weighted by Gasteiger charge is 2.53. The van der Waals surface area contributed by atoms with Gasteiger partial charge < -0.3 is 14.9 Å². The molecule has 2 aliphatic carbocycles. The molecule has 2 fully saturated rings. The third-order valence-corrected chi connectivity index (χ3v) is 6.76. The lowest BCUT2D eigenvalue weighted by Crippen LogP contribution is -2.49. The van der Waals surface area contributed by atoms with Crippen LogP contribution in [0.2, 0.25) is 0 Å². The average molecular weight is 357 g/mol. The molecule has 26 heavy (non-hydrogen) atoms. The molecule has 0 radical (unpaired) electrons. The van der Waals surface area contributed by atoms with Crippen LogP contribution in [-0.2, 0) is 0 Å². The topological polar surface area (TPSA) is 49.7 Å². The van der Waals surface area contributed by atoms with E-state index in [1.807, 2.05) is 19.1 Å². The predicted octanol–water partition coefficient (Wildman–Crippen LogP) is 5.25. The monoisotopic (exact) mass is 356 g/mol. The molecule has 3 rings (SSSR count). The van der Waals surface area contributed by atoms with Crippen molar-refractivity contribution in [2.24, 2.45) is 16.7 Å². The van der Waals surface area contributed by atoms with Gasteiger partial charge in [0.05, 0.1) is 19.3 Å². The number of fused-ring (bicyclic) bond motifs is 1. The first-order valence-corrected chi connectivity index (χ1v) is 9.64. The molecule has 2 N–H and O–H groups in total. The Morgan fingerprint density at radius 2 is 2.04 bits per heavy atom. The number of hydrogen-bond donors (Lipinski definition) is 2. The molecular formula is C23H32O3. The Morgan fingerprint density at radius 3 is 2.69 bits per heavy atom. The van der Waals surface area contributed by atoms with Gasteiger partial charge in [0.15, 0.2) is 0 Å². The summed E-state index contributed by atoms with van der Waals surface area (Å²) in [6, 6.07) is 3.69. The van der Waals surface area contributed by atoms with Crippen LogP contribution in [-0.4, -0.2) is 23.9 Å². The lowest BCUT2D eigenvalue weighted by Gasteiger charge is -2.56. The van der Waals surface area contributed by atoms with E-state index in [4.69, 9.17) is 4.74 Å². The molecule has 1 aromatic rings. The summed E-state index contributed by atoms with van der Waals surface area (Å²) in [7, 11) is 1.63. The Bertz CT molecular complexity index is 744. The Labute approximate surface area is 157 Å². The maximum atomic E-state index is 10.6. The SMILES string of the molecule is C=C1CC[C@H]2C(C)(C)CCC[C@@]2(CO)/C1=C/c1c(O)cc(C)cc1OC. The first-order chi connectivity index (χ1) is 12.2. The van der Waals surface area contributed by atoms with Crippen molar-refractivity contribution >= 4 is 6.08 Å². The fourth-order valence-corrected chi connectivity index (χ4v) is 5.47. The summed E-state index contributed by atoms with van der Waals surface area (Å²) in [6.07, 6.45) is 7.30. The quantitative estimate of drug-likeness (QED) is 0.778. The number of ether oxygens (including phenoxy) is 1. The third-order valence-electron chi connectivity index (χ3n) is 6.76. The molecule has 0 spiro atoms. The van der Waals surface area contributed by atoms with Crippen molar-refractivity contribution in [3.8, 4) is 11.5 Å². The predicted molar refractivity (Wildman–Crippen MR) is 106 cm³/mol. The van der Waals surface area contributed by atoms with Gasteiger partial charge in [0.2, 0.25) is 0 Å². The first kappa shape index (κ1) is 19.0. The zero-order valence-corrected chi connectivity index (χ0v) is 16.6. The summed E-state index contributed by atoms with van der Waals surface area (Å²) < 4.78 is 5.53. The molecule has 0 bridgehead atoms. The van der Waals surface area contributed by atoms with Gasteiger partial charge in [-0.1, -0.05) is 32.4 Å². The lowest BCUT2D eigenvalue weighted by atomic mass is 9.49. The van der Waals surface area contributed by atoms with Gasteiger partial charge in [0, 0.05) is 5.41 Å². The minimum atomic E-state index is -0.278. The van der Waals surface area contributed by atoms with Gasteiger partial charge in [0.25, 0.3) is 0 Å². The smallest absolute Gasteiger partial charge is 0.130 e. The summed E-state index contributed by atoms with van der Waals surface area (Å²) in [4.78, 5) is 0. The van der Waals surface area contributed by atoms with Gasteiger partial charge in [0.1, 0.15) is 11.5 Å². The molecule has 142 valence electrons. The molecule has 0 saturated heterocycles. The highest BCUT2D eigenvalue weighted by molar-refractivity contribution is 5.71. The van der Waals surface area contributed by atoms with Crippen LogP contribution in [0.3, 0.4) is 0 Å². The highest BCUT2D eigenvalue weighted by Crippen LogP contribution is 2.61. The number of aromatic hydroxyl groups is 1. The van der Waals surface area contributed by atoms with Crippen LogP contribution in [0.5, 0.6) is 11.5 Å². The number of phenolic OH excluding ortho intramolecular Hbond substituents is 1. The van der Waals surface area contributed by atoms with Crippen LogP contribution in [0, 0.1) is 23.7 Å². The number of aryl methyl sites for hydroxylation is 1. The maximum Gasteiger partial charge on any atom is 0.130 e. The van der Waals surface area contributed by atoms with E-state index < -0.39 is 0 Å². The zero-order chi connectivity index (χ0) is 19.1. The molecule has 2 saturated carbocycles. The summed E-state index contributed by atoms with van der Waals surface area (Å²) in [6.45, 7) is 11.0. The van der Waals surface area contributed by atoms with Crippen molar-refractivity contribution in [1.29, 1.82) is 0 Å². The molecule has 1 aromatic carbocycles. The molecule has 0 heterocycles. The number of aliphatic hydroxyl groups is 1. The maximum absolute atomic E-state index is 10.6. The summed E-state index contributed by atoms with van der Waals surface area (Å²) in [5.41, 5.74) is 3.74. The summed E-state index contributed by atoms with van der Waals surface area (Å²) >= 11 is 0. The van der Waals surface area contributed by atoms with Gasteiger partial charge >= 0.3 is 0 Å². The van der Waals surface area contributed by atoms with Crippen LogP contribution in [0.25, 0.3) is 6.08 Å². The van der Waals surface area contributed by atoms with Crippen LogP contribution in [0.15, 0.2) is 29.9 Å². The molecular weight excluding hydrogens is 324 g/mol.